The quantitative estimate of drug-likeness (QED) is 0.493. The summed E-state index contributed by atoms with van der Waals surface area (Å²) in [5, 5.41) is 4.50. The van der Waals surface area contributed by atoms with Gasteiger partial charge in [0.25, 0.3) is 5.56 Å². The highest BCUT2D eigenvalue weighted by Crippen LogP contribution is 2.20. The third-order valence-electron chi connectivity index (χ3n) is 5.25. The van der Waals surface area contributed by atoms with Gasteiger partial charge in [0.2, 0.25) is 5.95 Å². The maximum atomic E-state index is 14.5. The monoisotopic (exact) mass is 424 g/mol. The summed E-state index contributed by atoms with van der Waals surface area (Å²) >= 11 is 0. The predicted molar refractivity (Wildman–Crippen MR) is 116 cm³/mol. The van der Waals surface area contributed by atoms with Crippen LogP contribution < -0.4 is 11.2 Å². The van der Waals surface area contributed by atoms with Crippen molar-refractivity contribution in [3.05, 3.63) is 73.9 Å². The van der Waals surface area contributed by atoms with Crippen molar-refractivity contribution in [2.75, 3.05) is 0 Å². The van der Waals surface area contributed by atoms with Gasteiger partial charge < -0.3 is 0 Å². The molecular formula is C22H25FN6O2. The number of imidazole rings is 1. The molecule has 4 rings (SSSR count). The molecule has 0 saturated carbocycles. The van der Waals surface area contributed by atoms with Gasteiger partial charge in [-0.1, -0.05) is 32.0 Å². The molecular weight excluding hydrogens is 399 g/mol. The van der Waals surface area contributed by atoms with Crippen LogP contribution in [0.25, 0.3) is 17.1 Å². The third kappa shape index (κ3) is 3.49. The zero-order chi connectivity index (χ0) is 22.4. The summed E-state index contributed by atoms with van der Waals surface area (Å²) in [4.78, 5) is 30.9. The highest BCUT2D eigenvalue weighted by molar-refractivity contribution is 5.73. The molecule has 0 aliphatic carbocycles. The Labute approximate surface area is 178 Å². The number of rotatable bonds is 5. The van der Waals surface area contributed by atoms with Crippen LogP contribution in [0.4, 0.5) is 4.39 Å². The highest BCUT2D eigenvalue weighted by Gasteiger charge is 2.23. The van der Waals surface area contributed by atoms with E-state index >= 15 is 0 Å². The Morgan fingerprint density at radius 3 is 2.42 bits per heavy atom. The van der Waals surface area contributed by atoms with Crippen LogP contribution in [0.3, 0.4) is 0 Å². The fourth-order valence-electron chi connectivity index (χ4n) is 3.83. The average Bonchev–Trinajstić information content (AvgIpc) is 3.24. The molecule has 0 aliphatic rings. The summed E-state index contributed by atoms with van der Waals surface area (Å²) < 4.78 is 20.3. The van der Waals surface area contributed by atoms with E-state index in [1.807, 2.05) is 33.8 Å². The normalized spacial score (nSPS) is 11.7. The van der Waals surface area contributed by atoms with Crippen molar-refractivity contribution in [2.24, 2.45) is 13.0 Å². The van der Waals surface area contributed by atoms with E-state index in [0.29, 0.717) is 11.5 Å². The zero-order valence-electron chi connectivity index (χ0n) is 18.3. The molecule has 0 fully saturated rings. The minimum atomic E-state index is -0.441. The van der Waals surface area contributed by atoms with Crippen molar-refractivity contribution in [3.8, 4) is 5.95 Å². The van der Waals surface area contributed by atoms with Crippen molar-refractivity contribution in [1.82, 2.24) is 28.5 Å². The first-order chi connectivity index (χ1) is 14.7. The topological polar surface area (TPSA) is 79.6 Å². The van der Waals surface area contributed by atoms with Crippen LogP contribution in [-0.4, -0.2) is 28.5 Å². The zero-order valence-corrected chi connectivity index (χ0v) is 18.3. The lowest BCUT2D eigenvalue weighted by Crippen LogP contribution is -2.40. The Kier molecular flexibility index (Phi) is 5.12. The summed E-state index contributed by atoms with van der Waals surface area (Å²) in [5.74, 6) is 0.0792. The van der Waals surface area contributed by atoms with E-state index < -0.39 is 11.2 Å². The Morgan fingerprint density at radius 2 is 1.81 bits per heavy atom. The summed E-state index contributed by atoms with van der Waals surface area (Å²) in [7, 11) is 1.59. The summed E-state index contributed by atoms with van der Waals surface area (Å²) in [6.07, 6.45) is 0. The van der Waals surface area contributed by atoms with Crippen LogP contribution in [0.5, 0.6) is 0 Å². The molecule has 0 saturated heterocycles. The van der Waals surface area contributed by atoms with Crippen LogP contribution in [0.15, 0.2) is 39.9 Å². The summed E-state index contributed by atoms with van der Waals surface area (Å²) in [6.45, 7) is 7.97. The minimum absolute atomic E-state index is 0.0754. The molecule has 0 amide bonds. The predicted octanol–water partition coefficient (Wildman–Crippen LogP) is 2.54. The van der Waals surface area contributed by atoms with Gasteiger partial charge in [-0.05, 0) is 31.9 Å². The lowest BCUT2D eigenvalue weighted by atomic mass is 10.2. The van der Waals surface area contributed by atoms with E-state index in [-0.39, 0.29) is 36.0 Å². The lowest BCUT2D eigenvalue weighted by Gasteiger charge is -2.13. The SMILES string of the molecule is Cc1cc(C)n(-c2nc3c(c(=O)n(CC(C)C)c(=O)n3C)n2Cc2ccccc2F)n1. The minimum Gasteiger partial charge on any atom is -0.298 e. The maximum Gasteiger partial charge on any atom is 0.332 e. The standard InChI is InChI=1S/C22H25FN6O2/c1-13(2)11-28-20(30)18-19(26(5)22(28)31)24-21(29-15(4)10-14(3)25-29)27(18)12-16-8-6-7-9-17(16)23/h6-10,13H,11-12H2,1-5H3. The molecule has 3 heterocycles. The summed E-state index contributed by atoms with van der Waals surface area (Å²) in [5.41, 5.74) is 1.63. The fraction of sp³-hybridized carbons (Fsp3) is 0.364. The number of hydrogen-bond acceptors (Lipinski definition) is 4. The molecule has 0 unspecified atom stereocenters. The Morgan fingerprint density at radius 1 is 1.10 bits per heavy atom. The Balaban J connectivity index is 2.10. The number of halogens is 1. The van der Waals surface area contributed by atoms with Crippen LogP contribution in [-0.2, 0) is 20.1 Å². The highest BCUT2D eigenvalue weighted by atomic mass is 19.1. The van der Waals surface area contributed by atoms with E-state index in [1.165, 1.54) is 15.2 Å². The van der Waals surface area contributed by atoms with E-state index in [4.69, 9.17) is 0 Å². The van der Waals surface area contributed by atoms with Gasteiger partial charge in [-0.3, -0.25) is 18.5 Å². The van der Waals surface area contributed by atoms with E-state index in [1.54, 1.807) is 34.5 Å². The second-order valence-electron chi connectivity index (χ2n) is 8.25. The van der Waals surface area contributed by atoms with Crippen LogP contribution in [0, 0.1) is 25.6 Å². The van der Waals surface area contributed by atoms with E-state index in [0.717, 1.165) is 11.4 Å². The molecule has 8 nitrogen and oxygen atoms in total. The molecule has 3 aromatic heterocycles. The largest absolute Gasteiger partial charge is 0.332 e. The third-order valence-corrected chi connectivity index (χ3v) is 5.25. The molecule has 0 aliphatic heterocycles. The van der Waals surface area contributed by atoms with Crippen LogP contribution in [0.2, 0.25) is 0 Å². The molecule has 0 N–H and O–H groups in total. The van der Waals surface area contributed by atoms with Gasteiger partial charge in [0.15, 0.2) is 11.2 Å². The molecule has 0 radical (unpaired) electrons. The molecule has 162 valence electrons. The van der Waals surface area contributed by atoms with Crippen molar-refractivity contribution >= 4 is 11.2 Å². The van der Waals surface area contributed by atoms with E-state index in [9.17, 15) is 14.0 Å². The fourth-order valence-corrected chi connectivity index (χ4v) is 3.83. The average molecular weight is 424 g/mol. The lowest BCUT2D eigenvalue weighted by molar-refractivity contribution is 0.483. The molecule has 0 atom stereocenters. The van der Waals surface area contributed by atoms with Gasteiger partial charge in [-0.15, -0.1) is 0 Å². The Hall–Kier alpha value is -3.49. The number of nitrogens with zero attached hydrogens (tertiary/aromatic N) is 6. The maximum absolute atomic E-state index is 14.5. The molecule has 31 heavy (non-hydrogen) atoms. The Bertz CT molecular complexity index is 1410. The van der Waals surface area contributed by atoms with Gasteiger partial charge in [0.1, 0.15) is 5.82 Å². The first kappa shape index (κ1) is 20.8. The van der Waals surface area contributed by atoms with Gasteiger partial charge in [-0.25, -0.2) is 13.9 Å². The number of fused-ring (bicyclic) bond motifs is 1. The molecule has 0 spiro atoms. The van der Waals surface area contributed by atoms with Gasteiger partial charge >= 0.3 is 5.69 Å². The van der Waals surface area contributed by atoms with Gasteiger partial charge in [-0.2, -0.15) is 10.1 Å². The number of hydrogen-bond donors (Lipinski definition) is 0. The second-order valence-corrected chi connectivity index (χ2v) is 8.25. The molecule has 1 aromatic carbocycles. The summed E-state index contributed by atoms with van der Waals surface area (Å²) in [6, 6.07) is 8.30. The number of aromatic nitrogens is 6. The van der Waals surface area contributed by atoms with Gasteiger partial charge in [0.05, 0.1) is 12.2 Å². The number of benzene rings is 1. The molecule has 9 heteroatoms. The molecule has 4 aromatic rings. The first-order valence-corrected chi connectivity index (χ1v) is 10.2. The smallest absolute Gasteiger partial charge is 0.298 e. The van der Waals surface area contributed by atoms with Crippen molar-refractivity contribution < 1.29 is 4.39 Å². The molecule has 0 bridgehead atoms. The van der Waals surface area contributed by atoms with E-state index in [2.05, 4.69) is 10.1 Å². The van der Waals surface area contributed by atoms with Gasteiger partial charge in [0, 0.05) is 24.8 Å². The van der Waals surface area contributed by atoms with Crippen molar-refractivity contribution in [2.45, 2.75) is 40.8 Å². The second kappa shape index (κ2) is 7.64. The first-order valence-electron chi connectivity index (χ1n) is 10.2. The van der Waals surface area contributed by atoms with Crippen molar-refractivity contribution in [1.29, 1.82) is 0 Å². The van der Waals surface area contributed by atoms with Crippen molar-refractivity contribution in [3.63, 3.8) is 0 Å². The van der Waals surface area contributed by atoms with Crippen LogP contribution >= 0.6 is 0 Å². The van der Waals surface area contributed by atoms with Crippen LogP contribution in [0.1, 0.15) is 30.8 Å². The number of aryl methyl sites for hydroxylation is 3.